The van der Waals surface area contributed by atoms with E-state index in [1.54, 1.807) is 0 Å². The lowest BCUT2D eigenvalue weighted by Crippen LogP contribution is -2.33. The lowest BCUT2D eigenvalue weighted by Gasteiger charge is -2.18. The molecule has 1 N–H and O–H groups in total. The topological polar surface area (TPSA) is 21.3 Å². The largest absolute Gasteiger partial charge is 0.380 e. The van der Waals surface area contributed by atoms with Gasteiger partial charge in [-0.05, 0) is 31.6 Å². The first-order valence-electron chi connectivity index (χ1n) is 7.51. The molecule has 0 saturated heterocycles. The predicted molar refractivity (Wildman–Crippen MR) is 74.3 cm³/mol. The Balaban J connectivity index is 1.96. The lowest BCUT2D eigenvalue weighted by atomic mass is 10.0. The van der Waals surface area contributed by atoms with Crippen molar-refractivity contribution in [3.63, 3.8) is 0 Å². The van der Waals surface area contributed by atoms with Gasteiger partial charge >= 0.3 is 0 Å². The first kappa shape index (κ1) is 15.0. The predicted octanol–water partition coefficient (Wildman–Crippen LogP) is 3.61. The molecular formula is C15H31NO. The quantitative estimate of drug-likeness (QED) is 0.543. The van der Waals surface area contributed by atoms with Gasteiger partial charge in [0.1, 0.15) is 0 Å². The van der Waals surface area contributed by atoms with Crippen LogP contribution in [-0.4, -0.2) is 25.8 Å². The lowest BCUT2D eigenvalue weighted by molar-refractivity contribution is 0.0935. The zero-order chi connectivity index (χ0) is 12.5. The molecule has 0 bridgehead atoms. The summed E-state index contributed by atoms with van der Waals surface area (Å²) in [6.07, 6.45) is 8.47. The van der Waals surface area contributed by atoms with Crippen molar-refractivity contribution in [3.05, 3.63) is 0 Å². The Morgan fingerprint density at radius 3 is 2.29 bits per heavy atom. The molecule has 1 fully saturated rings. The van der Waals surface area contributed by atoms with E-state index >= 15 is 0 Å². The molecule has 0 spiro atoms. The van der Waals surface area contributed by atoms with Crippen LogP contribution in [0.25, 0.3) is 0 Å². The Morgan fingerprint density at radius 2 is 1.71 bits per heavy atom. The maximum Gasteiger partial charge on any atom is 0.0591 e. The molecule has 1 rings (SSSR count). The maximum absolute atomic E-state index is 5.80. The second-order valence-electron chi connectivity index (χ2n) is 5.92. The van der Waals surface area contributed by atoms with Crippen LogP contribution >= 0.6 is 0 Å². The van der Waals surface area contributed by atoms with Crippen molar-refractivity contribution in [1.82, 2.24) is 5.32 Å². The van der Waals surface area contributed by atoms with Crippen molar-refractivity contribution in [2.45, 2.75) is 65.3 Å². The van der Waals surface area contributed by atoms with Gasteiger partial charge in [-0.3, -0.25) is 0 Å². The summed E-state index contributed by atoms with van der Waals surface area (Å²) < 4.78 is 5.80. The van der Waals surface area contributed by atoms with Crippen LogP contribution in [0.3, 0.4) is 0 Å². The van der Waals surface area contributed by atoms with Crippen LogP contribution in [0.4, 0.5) is 0 Å². The number of nitrogens with one attached hydrogen (secondary N) is 1. The summed E-state index contributed by atoms with van der Waals surface area (Å²) in [5.74, 6) is 1.54. The molecule has 1 aliphatic rings. The molecule has 1 unspecified atom stereocenters. The van der Waals surface area contributed by atoms with E-state index in [0.29, 0.717) is 12.0 Å². The highest BCUT2D eigenvalue weighted by atomic mass is 16.5. The highest BCUT2D eigenvalue weighted by molar-refractivity contribution is 4.65. The third-order valence-corrected chi connectivity index (χ3v) is 4.04. The van der Waals surface area contributed by atoms with E-state index in [2.05, 4.69) is 26.1 Å². The second kappa shape index (κ2) is 8.93. The van der Waals surface area contributed by atoms with Crippen LogP contribution in [0.1, 0.15) is 59.3 Å². The smallest absolute Gasteiger partial charge is 0.0591 e. The van der Waals surface area contributed by atoms with Gasteiger partial charge in [0, 0.05) is 19.2 Å². The summed E-state index contributed by atoms with van der Waals surface area (Å²) >= 11 is 0. The molecule has 0 aromatic carbocycles. The summed E-state index contributed by atoms with van der Waals surface area (Å²) in [5.41, 5.74) is 0. The van der Waals surface area contributed by atoms with Gasteiger partial charge in [-0.15, -0.1) is 0 Å². The number of hydrogen-bond donors (Lipinski definition) is 1. The molecule has 0 amide bonds. The third kappa shape index (κ3) is 7.05. The van der Waals surface area contributed by atoms with E-state index in [1.807, 2.05) is 0 Å². The van der Waals surface area contributed by atoms with Crippen LogP contribution in [0, 0.1) is 11.8 Å². The fourth-order valence-corrected chi connectivity index (χ4v) is 2.38. The van der Waals surface area contributed by atoms with Gasteiger partial charge in [0.25, 0.3) is 0 Å². The summed E-state index contributed by atoms with van der Waals surface area (Å²) in [6, 6.07) is 0.594. The Hall–Kier alpha value is -0.0800. The van der Waals surface area contributed by atoms with Crippen LogP contribution in [-0.2, 0) is 4.74 Å². The van der Waals surface area contributed by atoms with E-state index in [4.69, 9.17) is 4.74 Å². The standard InChI is InChI=1S/C15H31NO/c1-13(2)14(3)16-10-11-17-12-15-8-6-4-5-7-9-15/h13-16H,4-12H2,1-3H3. The summed E-state index contributed by atoms with van der Waals surface area (Å²) in [5, 5.41) is 3.51. The molecule has 1 saturated carbocycles. The highest BCUT2D eigenvalue weighted by Gasteiger charge is 2.12. The molecule has 0 aromatic rings. The average molecular weight is 241 g/mol. The molecule has 17 heavy (non-hydrogen) atoms. The number of ether oxygens (including phenoxy) is 1. The van der Waals surface area contributed by atoms with Gasteiger partial charge in [0.2, 0.25) is 0 Å². The summed E-state index contributed by atoms with van der Waals surface area (Å²) in [7, 11) is 0. The van der Waals surface area contributed by atoms with Gasteiger partial charge < -0.3 is 10.1 Å². The fraction of sp³-hybridized carbons (Fsp3) is 1.00. The number of rotatable bonds is 7. The maximum atomic E-state index is 5.80. The minimum atomic E-state index is 0.594. The minimum Gasteiger partial charge on any atom is -0.380 e. The van der Waals surface area contributed by atoms with E-state index in [1.165, 1.54) is 38.5 Å². The van der Waals surface area contributed by atoms with Crippen LogP contribution in [0.15, 0.2) is 0 Å². The van der Waals surface area contributed by atoms with Gasteiger partial charge in [-0.25, -0.2) is 0 Å². The number of hydrogen-bond acceptors (Lipinski definition) is 2. The zero-order valence-corrected chi connectivity index (χ0v) is 12.0. The normalized spacial score (nSPS) is 20.5. The monoisotopic (exact) mass is 241 g/mol. The molecule has 0 aromatic heterocycles. The first-order chi connectivity index (χ1) is 8.20. The highest BCUT2D eigenvalue weighted by Crippen LogP contribution is 2.22. The van der Waals surface area contributed by atoms with E-state index in [-0.39, 0.29) is 0 Å². The van der Waals surface area contributed by atoms with Gasteiger partial charge in [0.15, 0.2) is 0 Å². The van der Waals surface area contributed by atoms with Gasteiger partial charge in [0.05, 0.1) is 6.61 Å². The average Bonchev–Trinajstić information content (AvgIpc) is 2.56. The van der Waals surface area contributed by atoms with E-state index < -0.39 is 0 Å². The van der Waals surface area contributed by atoms with E-state index in [0.717, 1.165) is 25.7 Å². The fourth-order valence-electron chi connectivity index (χ4n) is 2.38. The summed E-state index contributed by atoms with van der Waals surface area (Å²) in [4.78, 5) is 0. The molecule has 102 valence electrons. The second-order valence-corrected chi connectivity index (χ2v) is 5.92. The van der Waals surface area contributed by atoms with Crippen molar-refractivity contribution in [3.8, 4) is 0 Å². The van der Waals surface area contributed by atoms with Crippen LogP contribution in [0.2, 0.25) is 0 Å². The summed E-state index contributed by atoms with van der Waals surface area (Å²) in [6.45, 7) is 9.60. The molecule has 0 radical (unpaired) electrons. The van der Waals surface area contributed by atoms with Crippen molar-refractivity contribution < 1.29 is 4.74 Å². The van der Waals surface area contributed by atoms with Crippen molar-refractivity contribution in [1.29, 1.82) is 0 Å². The third-order valence-electron chi connectivity index (χ3n) is 4.04. The van der Waals surface area contributed by atoms with Crippen LogP contribution in [0.5, 0.6) is 0 Å². The molecule has 0 aliphatic heterocycles. The molecule has 0 heterocycles. The molecule has 1 atom stereocenters. The Bertz CT molecular complexity index is 174. The SMILES string of the molecule is CC(C)C(C)NCCOCC1CCCCCC1. The minimum absolute atomic E-state index is 0.594. The Labute approximate surface area is 108 Å². The molecule has 2 nitrogen and oxygen atoms in total. The van der Waals surface area contributed by atoms with Crippen molar-refractivity contribution >= 4 is 0 Å². The van der Waals surface area contributed by atoms with Gasteiger partial charge in [-0.1, -0.05) is 39.5 Å². The first-order valence-corrected chi connectivity index (χ1v) is 7.51. The Morgan fingerprint density at radius 1 is 1.06 bits per heavy atom. The van der Waals surface area contributed by atoms with E-state index in [9.17, 15) is 0 Å². The zero-order valence-electron chi connectivity index (χ0n) is 12.0. The molecule has 2 heteroatoms. The Kier molecular flexibility index (Phi) is 7.87. The van der Waals surface area contributed by atoms with Crippen molar-refractivity contribution in [2.75, 3.05) is 19.8 Å². The van der Waals surface area contributed by atoms with Crippen LogP contribution < -0.4 is 5.32 Å². The van der Waals surface area contributed by atoms with Gasteiger partial charge in [-0.2, -0.15) is 0 Å². The molecular weight excluding hydrogens is 210 g/mol. The van der Waals surface area contributed by atoms with Crippen molar-refractivity contribution in [2.24, 2.45) is 11.8 Å². The molecule has 1 aliphatic carbocycles.